The summed E-state index contributed by atoms with van der Waals surface area (Å²) < 4.78 is 38.7. The summed E-state index contributed by atoms with van der Waals surface area (Å²) in [5.74, 6) is -0.762. The third-order valence-electron chi connectivity index (χ3n) is 2.43. The van der Waals surface area contributed by atoms with Gasteiger partial charge in [-0.05, 0) is 19.9 Å². The summed E-state index contributed by atoms with van der Waals surface area (Å²) in [6.07, 6.45) is -4.45. The molecular weight excluding hydrogens is 283 g/mol. The molecule has 0 aliphatic carbocycles. The van der Waals surface area contributed by atoms with Gasteiger partial charge in [0.25, 0.3) is 5.91 Å². The zero-order valence-electron chi connectivity index (χ0n) is 10.7. The van der Waals surface area contributed by atoms with Gasteiger partial charge in [0.1, 0.15) is 12.2 Å². The average Bonchev–Trinajstić information content (AvgIpc) is 2.67. The minimum Gasteiger partial charge on any atom is -0.327 e. The third kappa shape index (κ3) is 4.41. The Balaban J connectivity index is 2.98. The lowest BCUT2D eigenvalue weighted by molar-refractivity contribution is -0.140. The summed E-state index contributed by atoms with van der Waals surface area (Å²) in [4.78, 5) is 12.8. The summed E-state index contributed by atoms with van der Waals surface area (Å²) >= 11 is 5.45. The van der Waals surface area contributed by atoms with E-state index in [2.05, 4.69) is 5.10 Å². The van der Waals surface area contributed by atoms with Crippen molar-refractivity contribution in [1.29, 1.82) is 0 Å². The first-order chi connectivity index (χ1) is 8.78. The van der Waals surface area contributed by atoms with Crippen molar-refractivity contribution in [1.82, 2.24) is 14.7 Å². The number of amides is 1. The van der Waals surface area contributed by atoms with Crippen LogP contribution in [0.15, 0.2) is 6.07 Å². The van der Waals surface area contributed by atoms with Gasteiger partial charge in [0.05, 0.1) is 5.69 Å². The van der Waals surface area contributed by atoms with Gasteiger partial charge in [-0.15, -0.1) is 11.6 Å². The van der Waals surface area contributed by atoms with Crippen LogP contribution < -0.4 is 0 Å². The van der Waals surface area contributed by atoms with Gasteiger partial charge in [-0.2, -0.15) is 18.3 Å². The van der Waals surface area contributed by atoms with Crippen molar-refractivity contribution in [2.45, 2.75) is 26.6 Å². The lowest BCUT2D eigenvalue weighted by Crippen LogP contribution is -2.41. The number of aromatic nitrogens is 2. The largest absolute Gasteiger partial charge is 0.406 e. The molecule has 0 radical (unpaired) electrons. The summed E-state index contributed by atoms with van der Waals surface area (Å²) in [5, 5.41) is 4.04. The fourth-order valence-corrected chi connectivity index (χ4v) is 1.90. The Labute approximate surface area is 114 Å². The molecule has 1 aromatic heterocycles. The van der Waals surface area contributed by atoms with E-state index in [-0.39, 0.29) is 18.1 Å². The Morgan fingerprint density at radius 3 is 2.63 bits per heavy atom. The van der Waals surface area contributed by atoms with Crippen molar-refractivity contribution in [3.05, 3.63) is 17.5 Å². The average molecular weight is 298 g/mol. The molecule has 0 aromatic carbocycles. The molecule has 0 aliphatic heterocycles. The molecule has 0 unspecified atom stereocenters. The van der Waals surface area contributed by atoms with E-state index in [9.17, 15) is 18.0 Å². The fraction of sp³-hybridized carbons (Fsp3) is 0.636. The quantitative estimate of drug-likeness (QED) is 0.783. The van der Waals surface area contributed by atoms with Crippen LogP contribution in [-0.2, 0) is 6.54 Å². The first-order valence-electron chi connectivity index (χ1n) is 5.75. The van der Waals surface area contributed by atoms with Gasteiger partial charge >= 0.3 is 6.18 Å². The SMILES string of the molecule is CCn1nc(C)cc1C(=O)N(CCCl)CC(F)(F)F. The van der Waals surface area contributed by atoms with Gasteiger partial charge in [0.2, 0.25) is 0 Å². The molecule has 0 spiro atoms. The highest BCUT2D eigenvalue weighted by molar-refractivity contribution is 6.18. The number of carbonyl (C=O) groups excluding carboxylic acids is 1. The van der Waals surface area contributed by atoms with Crippen LogP contribution in [0.2, 0.25) is 0 Å². The fourth-order valence-electron chi connectivity index (χ4n) is 1.69. The molecule has 8 heteroatoms. The second-order valence-electron chi connectivity index (χ2n) is 4.02. The van der Waals surface area contributed by atoms with E-state index in [0.717, 1.165) is 0 Å². The van der Waals surface area contributed by atoms with Crippen molar-refractivity contribution in [3.63, 3.8) is 0 Å². The molecule has 0 atom stereocenters. The molecule has 108 valence electrons. The van der Waals surface area contributed by atoms with E-state index in [1.54, 1.807) is 13.8 Å². The van der Waals surface area contributed by atoms with Crippen LogP contribution in [0.3, 0.4) is 0 Å². The van der Waals surface area contributed by atoms with E-state index >= 15 is 0 Å². The number of rotatable bonds is 5. The van der Waals surface area contributed by atoms with Crippen molar-refractivity contribution in [3.8, 4) is 0 Å². The molecule has 1 heterocycles. The van der Waals surface area contributed by atoms with Crippen LogP contribution >= 0.6 is 11.6 Å². The monoisotopic (exact) mass is 297 g/mol. The number of carbonyl (C=O) groups is 1. The summed E-state index contributed by atoms with van der Waals surface area (Å²) in [5.41, 5.74) is 0.734. The normalized spacial score (nSPS) is 11.7. The molecule has 19 heavy (non-hydrogen) atoms. The first-order valence-corrected chi connectivity index (χ1v) is 6.28. The van der Waals surface area contributed by atoms with Crippen LogP contribution in [0, 0.1) is 6.92 Å². The zero-order chi connectivity index (χ0) is 14.6. The van der Waals surface area contributed by atoms with Crippen molar-refractivity contribution < 1.29 is 18.0 Å². The first kappa shape index (κ1) is 15.8. The molecule has 0 aliphatic rings. The summed E-state index contributed by atoms with van der Waals surface area (Å²) in [6.45, 7) is 2.38. The van der Waals surface area contributed by atoms with Gasteiger partial charge in [-0.3, -0.25) is 9.48 Å². The molecule has 0 saturated carbocycles. The standard InChI is InChI=1S/C11H15ClF3N3O/c1-3-18-9(6-8(2)16-18)10(19)17(5-4-12)7-11(13,14)15/h6H,3-5,7H2,1-2H3. The van der Waals surface area contributed by atoms with E-state index in [0.29, 0.717) is 17.1 Å². The minimum absolute atomic E-state index is 0.0545. The highest BCUT2D eigenvalue weighted by Crippen LogP contribution is 2.18. The van der Waals surface area contributed by atoms with Crippen molar-refractivity contribution in [2.24, 2.45) is 0 Å². The van der Waals surface area contributed by atoms with Crippen LogP contribution in [0.4, 0.5) is 13.2 Å². The Hall–Kier alpha value is -1.24. The van der Waals surface area contributed by atoms with Crippen LogP contribution in [0.5, 0.6) is 0 Å². The summed E-state index contributed by atoms with van der Waals surface area (Å²) in [6, 6.07) is 1.48. The molecule has 0 bridgehead atoms. The van der Waals surface area contributed by atoms with E-state index in [1.807, 2.05) is 0 Å². The maximum Gasteiger partial charge on any atom is 0.406 e. The molecule has 1 rings (SSSR count). The van der Waals surface area contributed by atoms with Gasteiger partial charge in [-0.1, -0.05) is 0 Å². The number of nitrogens with zero attached hydrogens (tertiary/aromatic N) is 3. The second kappa shape index (κ2) is 6.27. The number of aryl methyl sites for hydroxylation is 2. The number of hydrogen-bond acceptors (Lipinski definition) is 2. The number of hydrogen-bond donors (Lipinski definition) is 0. The lowest BCUT2D eigenvalue weighted by Gasteiger charge is -2.23. The Morgan fingerprint density at radius 1 is 1.53 bits per heavy atom. The van der Waals surface area contributed by atoms with Crippen LogP contribution in [-0.4, -0.2) is 45.7 Å². The van der Waals surface area contributed by atoms with Crippen molar-refractivity contribution in [2.75, 3.05) is 19.0 Å². The Bertz CT molecular complexity index is 445. The Morgan fingerprint density at radius 2 is 2.16 bits per heavy atom. The molecular formula is C11H15ClF3N3O. The maximum absolute atomic E-state index is 12.4. The van der Waals surface area contributed by atoms with E-state index in [1.165, 1.54) is 10.7 Å². The van der Waals surface area contributed by atoms with Crippen molar-refractivity contribution >= 4 is 17.5 Å². The molecule has 0 N–H and O–H groups in total. The number of halogens is 4. The Kier molecular flexibility index (Phi) is 5.22. The van der Waals surface area contributed by atoms with Gasteiger partial charge in [-0.25, -0.2) is 0 Å². The van der Waals surface area contributed by atoms with Gasteiger partial charge < -0.3 is 4.90 Å². The molecule has 0 fully saturated rings. The summed E-state index contributed by atoms with van der Waals surface area (Å²) in [7, 11) is 0. The molecule has 4 nitrogen and oxygen atoms in total. The second-order valence-corrected chi connectivity index (χ2v) is 4.40. The van der Waals surface area contributed by atoms with Gasteiger partial charge in [0, 0.05) is 19.0 Å². The van der Waals surface area contributed by atoms with Gasteiger partial charge in [0.15, 0.2) is 0 Å². The van der Waals surface area contributed by atoms with Crippen LogP contribution in [0.25, 0.3) is 0 Å². The predicted octanol–water partition coefficient (Wildman–Crippen LogP) is 2.45. The topological polar surface area (TPSA) is 38.1 Å². The minimum atomic E-state index is -4.45. The highest BCUT2D eigenvalue weighted by atomic mass is 35.5. The molecule has 1 amide bonds. The third-order valence-corrected chi connectivity index (χ3v) is 2.60. The number of alkyl halides is 4. The maximum atomic E-state index is 12.4. The molecule has 0 saturated heterocycles. The molecule has 1 aromatic rings. The predicted molar refractivity (Wildman–Crippen MR) is 65.3 cm³/mol. The van der Waals surface area contributed by atoms with E-state index < -0.39 is 18.6 Å². The lowest BCUT2D eigenvalue weighted by atomic mass is 10.3. The highest BCUT2D eigenvalue weighted by Gasteiger charge is 2.34. The van der Waals surface area contributed by atoms with Crippen LogP contribution in [0.1, 0.15) is 23.1 Å². The van der Waals surface area contributed by atoms with E-state index in [4.69, 9.17) is 11.6 Å². The zero-order valence-corrected chi connectivity index (χ0v) is 11.4. The smallest absolute Gasteiger partial charge is 0.327 e.